The van der Waals surface area contributed by atoms with Crippen LogP contribution in [0.2, 0.25) is 5.04 Å². The molecule has 0 bridgehead atoms. The third-order valence-corrected chi connectivity index (χ3v) is 7.53. The standard InChI is InChI=1S/C20H38O4Si/c1-6-23-19(22)12-10-8-7-9-11-16-13-17(21)14-18(16)24-25-20(4,5)15(2)3/h13,15,17-18,21H,6-12,14,25H2,1-5H3. The smallest absolute Gasteiger partial charge is 0.305 e. The fraction of sp³-hybridized carbons (Fsp3) is 0.850. The van der Waals surface area contributed by atoms with Gasteiger partial charge in [-0.3, -0.25) is 4.79 Å². The molecule has 0 amide bonds. The molecule has 0 aliphatic heterocycles. The van der Waals surface area contributed by atoms with Crippen LogP contribution in [0.1, 0.15) is 79.6 Å². The van der Waals surface area contributed by atoms with Gasteiger partial charge in [-0.1, -0.05) is 46.6 Å². The molecule has 146 valence electrons. The van der Waals surface area contributed by atoms with Crippen LogP contribution in [0.5, 0.6) is 0 Å². The predicted octanol–water partition coefficient (Wildman–Crippen LogP) is 3.90. The molecule has 4 nitrogen and oxygen atoms in total. The van der Waals surface area contributed by atoms with Crippen LogP contribution in [0, 0.1) is 5.92 Å². The van der Waals surface area contributed by atoms with Crippen LogP contribution in [0.3, 0.4) is 0 Å². The van der Waals surface area contributed by atoms with Gasteiger partial charge >= 0.3 is 5.97 Å². The summed E-state index contributed by atoms with van der Waals surface area (Å²) in [6, 6.07) is 0. The van der Waals surface area contributed by atoms with E-state index in [1.807, 2.05) is 13.0 Å². The van der Waals surface area contributed by atoms with Crippen molar-refractivity contribution in [1.29, 1.82) is 0 Å². The molecular formula is C20H38O4Si. The number of aliphatic hydroxyl groups excluding tert-OH is 1. The molecule has 0 fully saturated rings. The minimum atomic E-state index is -0.646. The van der Waals surface area contributed by atoms with Gasteiger partial charge < -0.3 is 14.3 Å². The van der Waals surface area contributed by atoms with Crippen molar-refractivity contribution in [2.45, 2.75) is 96.8 Å². The summed E-state index contributed by atoms with van der Waals surface area (Å²) in [4.78, 5) is 11.3. The maximum Gasteiger partial charge on any atom is 0.305 e. The zero-order chi connectivity index (χ0) is 18.9. The molecule has 1 rings (SSSR count). The van der Waals surface area contributed by atoms with E-state index < -0.39 is 9.76 Å². The summed E-state index contributed by atoms with van der Waals surface area (Å²) in [5.41, 5.74) is 1.28. The lowest BCUT2D eigenvalue weighted by molar-refractivity contribution is -0.143. The largest absolute Gasteiger partial charge is 0.466 e. The van der Waals surface area contributed by atoms with E-state index in [4.69, 9.17) is 9.16 Å². The molecule has 1 aliphatic rings. The Hall–Kier alpha value is -0.653. The molecule has 25 heavy (non-hydrogen) atoms. The normalized spacial score (nSPS) is 21.3. The molecule has 0 aromatic rings. The quantitative estimate of drug-likeness (QED) is 0.245. The van der Waals surface area contributed by atoms with E-state index >= 15 is 0 Å². The van der Waals surface area contributed by atoms with Crippen molar-refractivity contribution in [2.75, 3.05) is 6.61 Å². The Balaban J connectivity index is 2.26. The molecule has 0 saturated carbocycles. The Kier molecular flexibility index (Phi) is 9.98. The van der Waals surface area contributed by atoms with Gasteiger partial charge in [-0.15, -0.1) is 0 Å². The van der Waals surface area contributed by atoms with Gasteiger partial charge in [0.15, 0.2) is 9.76 Å². The summed E-state index contributed by atoms with van der Waals surface area (Å²) in [5.74, 6) is 0.535. The number of aliphatic hydroxyl groups is 1. The van der Waals surface area contributed by atoms with Crippen molar-refractivity contribution >= 4 is 15.7 Å². The van der Waals surface area contributed by atoms with Crippen molar-refractivity contribution in [3.05, 3.63) is 11.6 Å². The molecule has 0 saturated heterocycles. The Morgan fingerprint density at radius 1 is 1.32 bits per heavy atom. The van der Waals surface area contributed by atoms with E-state index in [1.165, 1.54) is 5.57 Å². The third-order valence-electron chi connectivity index (χ3n) is 5.40. The van der Waals surface area contributed by atoms with Gasteiger partial charge in [-0.05, 0) is 42.7 Å². The predicted molar refractivity (Wildman–Crippen MR) is 105 cm³/mol. The molecular weight excluding hydrogens is 332 g/mol. The lowest BCUT2D eigenvalue weighted by Crippen LogP contribution is -2.27. The fourth-order valence-corrected chi connectivity index (χ4v) is 4.19. The molecule has 1 aliphatic carbocycles. The molecule has 0 aromatic carbocycles. The topological polar surface area (TPSA) is 55.8 Å². The monoisotopic (exact) mass is 370 g/mol. The van der Waals surface area contributed by atoms with Crippen LogP contribution in [0.4, 0.5) is 0 Å². The van der Waals surface area contributed by atoms with E-state index in [1.54, 1.807) is 0 Å². The van der Waals surface area contributed by atoms with Crippen LogP contribution in [0.15, 0.2) is 11.6 Å². The summed E-state index contributed by atoms with van der Waals surface area (Å²) in [7, 11) is -0.646. The third kappa shape index (κ3) is 8.52. The van der Waals surface area contributed by atoms with Crippen molar-refractivity contribution in [1.82, 2.24) is 0 Å². The first-order valence-corrected chi connectivity index (χ1v) is 11.2. The Morgan fingerprint density at radius 3 is 2.64 bits per heavy atom. The molecule has 1 N–H and O–H groups in total. The average Bonchev–Trinajstić information content (AvgIpc) is 2.89. The molecule has 2 atom stereocenters. The first-order chi connectivity index (χ1) is 11.8. The highest BCUT2D eigenvalue weighted by molar-refractivity contribution is 6.32. The van der Waals surface area contributed by atoms with Gasteiger partial charge in [0.05, 0.1) is 18.8 Å². The Labute approximate surface area is 156 Å². The van der Waals surface area contributed by atoms with E-state index in [2.05, 4.69) is 27.7 Å². The van der Waals surface area contributed by atoms with Crippen LogP contribution in [0.25, 0.3) is 0 Å². The molecule has 0 spiro atoms. The van der Waals surface area contributed by atoms with E-state index in [9.17, 15) is 9.90 Å². The minimum Gasteiger partial charge on any atom is -0.466 e. The number of ether oxygens (including phenoxy) is 1. The second-order valence-corrected chi connectivity index (χ2v) is 10.7. The highest BCUT2D eigenvalue weighted by Gasteiger charge is 2.29. The summed E-state index contributed by atoms with van der Waals surface area (Å²) in [6.07, 6.45) is 8.17. The Morgan fingerprint density at radius 2 is 2.00 bits per heavy atom. The van der Waals surface area contributed by atoms with Gasteiger partial charge in [0.2, 0.25) is 0 Å². The van der Waals surface area contributed by atoms with E-state index in [0.29, 0.717) is 18.9 Å². The number of rotatable bonds is 12. The van der Waals surface area contributed by atoms with Gasteiger partial charge in [0.25, 0.3) is 0 Å². The van der Waals surface area contributed by atoms with Crippen LogP contribution < -0.4 is 0 Å². The van der Waals surface area contributed by atoms with Crippen molar-refractivity contribution < 1.29 is 19.1 Å². The molecule has 0 aromatic heterocycles. The highest BCUT2D eigenvalue weighted by atomic mass is 28.2. The molecule has 2 unspecified atom stereocenters. The van der Waals surface area contributed by atoms with Gasteiger partial charge in [-0.25, -0.2) is 0 Å². The zero-order valence-corrected chi connectivity index (χ0v) is 18.3. The van der Waals surface area contributed by atoms with Crippen molar-refractivity contribution in [3.63, 3.8) is 0 Å². The summed E-state index contributed by atoms with van der Waals surface area (Å²) < 4.78 is 11.2. The van der Waals surface area contributed by atoms with E-state index in [0.717, 1.165) is 38.5 Å². The van der Waals surface area contributed by atoms with Crippen molar-refractivity contribution in [3.8, 4) is 0 Å². The van der Waals surface area contributed by atoms with Crippen molar-refractivity contribution in [2.24, 2.45) is 5.92 Å². The molecule has 0 heterocycles. The lowest BCUT2D eigenvalue weighted by Gasteiger charge is -2.30. The maximum atomic E-state index is 11.3. The van der Waals surface area contributed by atoms with Crippen LogP contribution in [-0.2, 0) is 14.0 Å². The van der Waals surface area contributed by atoms with Gasteiger partial charge in [-0.2, -0.15) is 0 Å². The first-order valence-electron chi connectivity index (χ1n) is 9.92. The Bertz CT molecular complexity index is 431. The SMILES string of the molecule is CCOC(=O)CCCCCCC1=CC(O)CC1O[SiH2]C(C)(C)C(C)C. The summed E-state index contributed by atoms with van der Waals surface area (Å²) in [5, 5.41) is 10.3. The van der Waals surface area contributed by atoms with Crippen LogP contribution >= 0.6 is 0 Å². The number of hydrogen-bond donors (Lipinski definition) is 1. The molecule has 0 radical (unpaired) electrons. The maximum absolute atomic E-state index is 11.3. The van der Waals surface area contributed by atoms with Gasteiger partial charge in [0, 0.05) is 12.8 Å². The van der Waals surface area contributed by atoms with Gasteiger partial charge in [0.1, 0.15) is 0 Å². The van der Waals surface area contributed by atoms with Crippen LogP contribution in [-0.4, -0.2) is 39.7 Å². The second kappa shape index (κ2) is 11.1. The number of unbranched alkanes of at least 4 members (excludes halogenated alkanes) is 3. The number of esters is 1. The highest BCUT2D eigenvalue weighted by Crippen LogP contribution is 2.35. The number of carbonyl (C=O) groups excluding carboxylic acids is 1. The minimum absolute atomic E-state index is 0.0877. The second-order valence-electron chi connectivity index (χ2n) is 8.21. The first kappa shape index (κ1) is 22.4. The zero-order valence-electron chi connectivity index (χ0n) is 16.8. The number of hydrogen-bond acceptors (Lipinski definition) is 4. The fourth-order valence-electron chi connectivity index (χ4n) is 2.88. The number of carbonyl (C=O) groups is 1. The summed E-state index contributed by atoms with van der Waals surface area (Å²) in [6.45, 7) is 11.4. The van der Waals surface area contributed by atoms with E-state index in [-0.39, 0.29) is 23.2 Å². The molecule has 5 heteroatoms. The average molecular weight is 371 g/mol. The lowest BCUT2D eigenvalue weighted by atomic mass is 9.99. The summed E-state index contributed by atoms with van der Waals surface area (Å²) >= 11 is 0.